The molecule has 0 saturated carbocycles. The summed E-state index contributed by atoms with van der Waals surface area (Å²) in [6.07, 6.45) is 0.834. The molecule has 0 fully saturated rings. The van der Waals surface area contributed by atoms with Gasteiger partial charge in [0.2, 0.25) is 5.91 Å². The average Bonchev–Trinajstić information content (AvgIpc) is 3.23. The number of halogens is 1. The van der Waals surface area contributed by atoms with Crippen LogP contribution in [0, 0.1) is 5.82 Å². The molecule has 0 aliphatic carbocycles. The number of rotatable bonds is 4. The number of benzene rings is 3. The van der Waals surface area contributed by atoms with Crippen molar-refractivity contribution in [1.29, 1.82) is 0 Å². The van der Waals surface area contributed by atoms with E-state index in [1.54, 1.807) is 23.1 Å². The van der Waals surface area contributed by atoms with Crippen LogP contribution in [0.25, 0.3) is 16.6 Å². The van der Waals surface area contributed by atoms with Crippen molar-refractivity contribution in [3.63, 3.8) is 0 Å². The molecule has 7 heteroatoms. The van der Waals surface area contributed by atoms with Crippen molar-refractivity contribution < 1.29 is 9.18 Å². The Hall–Kier alpha value is -3.45. The maximum absolute atomic E-state index is 13.4. The molecule has 5 rings (SSSR count). The smallest absolute Gasteiger partial charge is 0.266 e. The zero-order chi connectivity index (χ0) is 21.4. The van der Waals surface area contributed by atoms with Gasteiger partial charge in [-0.15, -0.1) is 0 Å². The van der Waals surface area contributed by atoms with Crippen LogP contribution >= 0.6 is 11.8 Å². The fourth-order valence-electron chi connectivity index (χ4n) is 3.83. The van der Waals surface area contributed by atoms with Gasteiger partial charge in [0, 0.05) is 12.2 Å². The molecule has 0 unspecified atom stereocenters. The molecule has 0 atom stereocenters. The first-order valence-electron chi connectivity index (χ1n) is 9.90. The number of carbonyl (C=O) groups excluding carboxylic acids is 1. The fraction of sp³-hybridized carbons (Fsp3) is 0.125. The number of hydrogen-bond acceptors (Lipinski definition) is 4. The van der Waals surface area contributed by atoms with Gasteiger partial charge in [-0.05, 0) is 54.4 Å². The number of aromatic nitrogens is 2. The van der Waals surface area contributed by atoms with Crippen molar-refractivity contribution in [2.24, 2.45) is 0 Å². The van der Waals surface area contributed by atoms with Gasteiger partial charge >= 0.3 is 0 Å². The molecule has 0 N–H and O–H groups in total. The minimum atomic E-state index is -0.386. The minimum Gasteiger partial charge on any atom is -0.311 e. The van der Waals surface area contributed by atoms with Gasteiger partial charge in [0.1, 0.15) is 5.82 Å². The fourth-order valence-corrected chi connectivity index (χ4v) is 4.72. The molecule has 3 aromatic carbocycles. The van der Waals surface area contributed by atoms with E-state index in [1.807, 2.05) is 30.3 Å². The van der Waals surface area contributed by atoms with Gasteiger partial charge in [-0.3, -0.25) is 14.2 Å². The van der Waals surface area contributed by atoms with Crippen LogP contribution in [0.2, 0.25) is 0 Å². The molecular weight excluding hydrogens is 413 g/mol. The number of fused-ring (bicyclic) bond motifs is 2. The van der Waals surface area contributed by atoms with Crippen LogP contribution in [0.15, 0.2) is 82.7 Å². The highest BCUT2D eigenvalue weighted by Crippen LogP contribution is 2.29. The molecule has 1 amide bonds. The first-order valence-corrected chi connectivity index (χ1v) is 10.9. The molecule has 0 saturated heterocycles. The first-order chi connectivity index (χ1) is 15.1. The second-order valence-corrected chi connectivity index (χ2v) is 8.18. The van der Waals surface area contributed by atoms with Gasteiger partial charge in [0.15, 0.2) is 5.16 Å². The quantitative estimate of drug-likeness (QED) is 0.359. The Labute approximate surface area is 182 Å². The molecule has 5 nitrogen and oxygen atoms in total. The van der Waals surface area contributed by atoms with Crippen LogP contribution in [0.3, 0.4) is 0 Å². The van der Waals surface area contributed by atoms with Gasteiger partial charge in [0.05, 0.1) is 22.3 Å². The lowest BCUT2D eigenvalue weighted by Gasteiger charge is -2.18. The predicted molar refractivity (Wildman–Crippen MR) is 121 cm³/mol. The highest BCUT2D eigenvalue weighted by Gasteiger charge is 2.25. The molecule has 1 aliphatic rings. The van der Waals surface area contributed by atoms with Crippen molar-refractivity contribution in [3.05, 3.63) is 94.5 Å². The summed E-state index contributed by atoms with van der Waals surface area (Å²) in [6.45, 7) is 0.647. The number of thioether (sulfide) groups is 1. The molecule has 0 radical (unpaired) electrons. The summed E-state index contributed by atoms with van der Waals surface area (Å²) in [5.74, 6) is -0.286. The summed E-state index contributed by atoms with van der Waals surface area (Å²) in [7, 11) is 0. The molecule has 0 bridgehead atoms. The van der Waals surface area contributed by atoms with Crippen LogP contribution in [0.1, 0.15) is 5.56 Å². The van der Waals surface area contributed by atoms with E-state index in [2.05, 4.69) is 4.98 Å². The average molecular weight is 431 g/mol. The second kappa shape index (κ2) is 8.00. The number of para-hydroxylation sites is 2. The normalized spacial score (nSPS) is 12.9. The van der Waals surface area contributed by atoms with Gasteiger partial charge < -0.3 is 4.90 Å². The minimum absolute atomic E-state index is 0.0389. The first kappa shape index (κ1) is 19.5. The Bertz CT molecular complexity index is 1350. The summed E-state index contributed by atoms with van der Waals surface area (Å²) in [6, 6.07) is 20.7. The van der Waals surface area contributed by atoms with E-state index in [4.69, 9.17) is 0 Å². The van der Waals surface area contributed by atoms with Crippen LogP contribution in [0.4, 0.5) is 10.1 Å². The topological polar surface area (TPSA) is 55.2 Å². The Kier molecular flexibility index (Phi) is 5.03. The van der Waals surface area contributed by atoms with E-state index < -0.39 is 0 Å². The van der Waals surface area contributed by atoms with E-state index >= 15 is 0 Å². The highest BCUT2D eigenvalue weighted by molar-refractivity contribution is 7.99. The lowest BCUT2D eigenvalue weighted by Crippen LogP contribution is -2.31. The Morgan fingerprint density at radius 3 is 2.58 bits per heavy atom. The lowest BCUT2D eigenvalue weighted by molar-refractivity contribution is -0.116. The standard InChI is InChI=1S/C24H18FN3O2S/c25-17-9-11-18(12-10-17)28-23(30)19-6-2-3-7-20(19)26-24(28)31-15-22(29)27-14-13-16-5-1-4-8-21(16)27/h1-12H,13-15H2. The molecule has 2 heterocycles. The van der Waals surface area contributed by atoms with Crippen molar-refractivity contribution in [3.8, 4) is 5.69 Å². The summed E-state index contributed by atoms with van der Waals surface area (Å²) in [5, 5.41) is 0.868. The van der Waals surface area contributed by atoms with Crippen LogP contribution in [-0.4, -0.2) is 27.8 Å². The van der Waals surface area contributed by atoms with Gasteiger partial charge in [-0.25, -0.2) is 9.37 Å². The molecular formula is C24H18FN3O2S. The SMILES string of the molecule is O=C(CSc1nc2ccccc2c(=O)n1-c1ccc(F)cc1)N1CCc2ccccc21. The van der Waals surface area contributed by atoms with Gasteiger partial charge in [0.25, 0.3) is 5.56 Å². The second-order valence-electron chi connectivity index (χ2n) is 7.24. The summed E-state index contributed by atoms with van der Waals surface area (Å²) in [4.78, 5) is 32.6. The van der Waals surface area contributed by atoms with E-state index in [0.29, 0.717) is 28.3 Å². The number of hydrogen-bond donors (Lipinski definition) is 0. The molecule has 0 spiro atoms. The van der Waals surface area contributed by atoms with Crippen molar-refractivity contribution in [1.82, 2.24) is 9.55 Å². The van der Waals surface area contributed by atoms with Crippen molar-refractivity contribution in [2.75, 3.05) is 17.2 Å². The van der Waals surface area contributed by atoms with E-state index in [1.165, 1.54) is 40.6 Å². The molecule has 1 aromatic heterocycles. The maximum Gasteiger partial charge on any atom is 0.266 e. The van der Waals surface area contributed by atoms with Gasteiger partial charge in [-0.1, -0.05) is 42.1 Å². The number of nitrogens with zero attached hydrogens (tertiary/aromatic N) is 3. The molecule has 1 aliphatic heterocycles. The summed E-state index contributed by atoms with van der Waals surface area (Å²) in [5.41, 5.74) is 2.92. The van der Waals surface area contributed by atoms with Crippen molar-refractivity contribution >= 4 is 34.3 Å². The van der Waals surface area contributed by atoms with Crippen LogP contribution in [0.5, 0.6) is 0 Å². The van der Waals surface area contributed by atoms with E-state index in [-0.39, 0.29) is 23.0 Å². The van der Waals surface area contributed by atoms with Crippen LogP contribution in [-0.2, 0) is 11.2 Å². The Balaban J connectivity index is 1.50. The zero-order valence-corrected chi connectivity index (χ0v) is 17.3. The lowest BCUT2D eigenvalue weighted by atomic mass is 10.2. The van der Waals surface area contributed by atoms with Gasteiger partial charge in [-0.2, -0.15) is 0 Å². The summed E-state index contributed by atoms with van der Waals surface area (Å²) >= 11 is 1.21. The number of carbonyl (C=O) groups is 1. The van der Waals surface area contributed by atoms with Crippen LogP contribution < -0.4 is 10.5 Å². The number of anilines is 1. The monoisotopic (exact) mass is 431 g/mol. The molecule has 4 aromatic rings. The largest absolute Gasteiger partial charge is 0.311 e. The number of amides is 1. The Morgan fingerprint density at radius 2 is 1.74 bits per heavy atom. The van der Waals surface area contributed by atoms with E-state index in [0.717, 1.165) is 17.7 Å². The third kappa shape index (κ3) is 3.61. The summed E-state index contributed by atoms with van der Waals surface area (Å²) < 4.78 is 14.9. The molecule has 31 heavy (non-hydrogen) atoms. The third-order valence-corrected chi connectivity index (χ3v) is 6.27. The Morgan fingerprint density at radius 1 is 1.00 bits per heavy atom. The van der Waals surface area contributed by atoms with E-state index in [9.17, 15) is 14.0 Å². The zero-order valence-electron chi connectivity index (χ0n) is 16.5. The maximum atomic E-state index is 13.4. The predicted octanol–water partition coefficient (Wildman–Crippen LogP) is 4.21. The third-order valence-electron chi connectivity index (χ3n) is 5.34. The van der Waals surface area contributed by atoms with Crippen molar-refractivity contribution in [2.45, 2.75) is 11.6 Å². The molecule has 154 valence electrons. The highest BCUT2D eigenvalue weighted by atomic mass is 32.2.